The zero-order chi connectivity index (χ0) is 17.5. The molecule has 0 amide bonds. The van der Waals surface area contributed by atoms with Crippen LogP contribution in [0.1, 0.15) is 59.3 Å². The summed E-state index contributed by atoms with van der Waals surface area (Å²) in [5.74, 6) is 0.665. The quantitative estimate of drug-likeness (QED) is 0.741. The lowest BCUT2D eigenvalue weighted by atomic mass is 9.63. The van der Waals surface area contributed by atoms with Gasteiger partial charge in [0.15, 0.2) is 0 Å². The van der Waals surface area contributed by atoms with Crippen molar-refractivity contribution in [1.82, 2.24) is 0 Å². The topological polar surface area (TPSA) is 60.7 Å². The lowest BCUT2D eigenvalue weighted by Crippen LogP contribution is -2.40. The van der Waals surface area contributed by atoms with E-state index in [9.17, 15) is 15.3 Å². The first kappa shape index (κ1) is 17.9. The molecule has 3 rings (SSSR count). The first-order chi connectivity index (χ1) is 11.3. The molecule has 3 N–H and O–H groups in total. The van der Waals surface area contributed by atoms with Crippen LogP contribution in [0.15, 0.2) is 34.9 Å². The largest absolute Gasteiger partial charge is 0.393 e. The summed E-state index contributed by atoms with van der Waals surface area (Å²) >= 11 is 0. The van der Waals surface area contributed by atoms with Gasteiger partial charge in [-0.2, -0.15) is 0 Å². The summed E-state index contributed by atoms with van der Waals surface area (Å²) in [5.41, 5.74) is 3.78. The van der Waals surface area contributed by atoms with Crippen LogP contribution in [0.3, 0.4) is 0 Å². The Morgan fingerprint density at radius 1 is 1.21 bits per heavy atom. The average molecular weight is 332 g/mol. The predicted octanol–water partition coefficient (Wildman–Crippen LogP) is 3.51. The van der Waals surface area contributed by atoms with E-state index >= 15 is 0 Å². The van der Waals surface area contributed by atoms with Gasteiger partial charge in [-0.1, -0.05) is 30.7 Å². The van der Waals surface area contributed by atoms with Crippen LogP contribution in [0.2, 0.25) is 0 Å². The van der Waals surface area contributed by atoms with Crippen LogP contribution < -0.4 is 0 Å². The van der Waals surface area contributed by atoms with Crippen LogP contribution in [-0.2, 0) is 0 Å². The molecule has 3 aliphatic carbocycles. The Kier molecular flexibility index (Phi) is 5.06. The number of aliphatic hydroxyl groups excluding tert-OH is 3. The van der Waals surface area contributed by atoms with Crippen molar-refractivity contribution < 1.29 is 15.3 Å². The van der Waals surface area contributed by atoms with Crippen LogP contribution in [-0.4, -0.2) is 33.6 Å². The summed E-state index contributed by atoms with van der Waals surface area (Å²) in [6.45, 7) is 6.27. The highest BCUT2D eigenvalue weighted by Crippen LogP contribution is 2.57. The van der Waals surface area contributed by atoms with E-state index < -0.39 is 6.10 Å². The maximum Gasteiger partial charge on any atom is 0.0732 e. The molecular formula is C21H32O3. The summed E-state index contributed by atoms with van der Waals surface area (Å²) in [7, 11) is 0. The maximum atomic E-state index is 10.4. The smallest absolute Gasteiger partial charge is 0.0732 e. The van der Waals surface area contributed by atoms with E-state index in [0.717, 1.165) is 38.5 Å². The number of fused-ring (bicyclic) bond motifs is 1. The molecule has 0 aromatic rings. The molecular weight excluding hydrogens is 300 g/mol. The van der Waals surface area contributed by atoms with Crippen molar-refractivity contribution >= 4 is 0 Å². The summed E-state index contributed by atoms with van der Waals surface area (Å²) in [4.78, 5) is 0. The third-order valence-corrected chi connectivity index (χ3v) is 6.76. The number of aliphatic hydroxyl groups is 3. The number of hydrogen-bond donors (Lipinski definition) is 3. The second kappa shape index (κ2) is 6.78. The highest BCUT2D eigenvalue weighted by molar-refractivity contribution is 5.37. The zero-order valence-electron chi connectivity index (χ0n) is 15.2. The third kappa shape index (κ3) is 3.26. The second-order valence-electron chi connectivity index (χ2n) is 8.46. The second-order valence-corrected chi connectivity index (χ2v) is 8.46. The summed E-state index contributed by atoms with van der Waals surface area (Å²) < 4.78 is 0. The Hall–Kier alpha value is -0.900. The molecule has 0 aromatic heterocycles. The minimum absolute atomic E-state index is 0.0302. The molecule has 0 aliphatic heterocycles. The average Bonchev–Trinajstić information content (AvgIpc) is 2.84. The van der Waals surface area contributed by atoms with E-state index in [2.05, 4.69) is 26.0 Å². The standard InChI is InChI=1S/C21H32O3/c1-13-4-7-17(23)10-15(13)5-6-16-11-18(24)12-21(3)19(14(2)22)8-9-20(16)21/h5-6,11,14,17-20,22-24H,4,7-10,12H2,1-3H3/b6-5+/t14-,17-,18-,19+,20-,21+/m0/s1. The lowest BCUT2D eigenvalue weighted by Gasteiger charge is -2.43. The molecule has 0 unspecified atom stereocenters. The highest BCUT2D eigenvalue weighted by atomic mass is 16.3. The van der Waals surface area contributed by atoms with Gasteiger partial charge in [-0.3, -0.25) is 0 Å². The van der Waals surface area contributed by atoms with Crippen molar-refractivity contribution in [1.29, 1.82) is 0 Å². The monoisotopic (exact) mass is 332 g/mol. The molecule has 134 valence electrons. The minimum atomic E-state index is -0.433. The summed E-state index contributed by atoms with van der Waals surface area (Å²) in [5, 5.41) is 30.5. The van der Waals surface area contributed by atoms with Crippen LogP contribution in [0.5, 0.6) is 0 Å². The van der Waals surface area contributed by atoms with Crippen molar-refractivity contribution in [2.75, 3.05) is 0 Å². The van der Waals surface area contributed by atoms with Gasteiger partial charge in [0.05, 0.1) is 18.3 Å². The minimum Gasteiger partial charge on any atom is -0.393 e. The van der Waals surface area contributed by atoms with E-state index in [1.165, 1.54) is 16.7 Å². The normalized spacial score (nSPS) is 41.5. The predicted molar refractivity (Wildman–Crippen MR) is 96.4 cm³/mol. The van der Waals surface area contributed by atoms with E-state index in [4.69, 9.17) is 0 Å². The molecule has 1 fully saturated rings. The summed E-state index contributed by atoms with van der Waals surface area (Å²) in [6, 6.07) is 0. The highest BCUT2D eigenvalue weighted by Gasteiger charge is 2.51. The molecule has 3 nitrogen and oxygen atoms in total. The lowest BCUT2D eigenvalue weighted by molar-refractivity contribution is 0.00980. The fourth-order valence-electron chi connectivity index (χ4n) is 5.40. The van der Waals surface area contributed by atoms with Crippen LogP contribution in [0, 0.1) is 17.3 Å². The van der Waals surface area contributed by atoms with Gasteiger partial charge in [-0.05, 0) is 80.8 Å². The number of hydrogen-bond acceptors (Lipinski definition) is 3. The molecule has 0 spiro atoms. The fourth-order valence-corrected chi connectivity index (χ4v) is 5.40. The molecule has 0 aromatic carbocycles. The SMILES string of the molecule is CC1=C(/C=C/C2=C[C@H](O)C[C@]3(C)[C@@H]([C@H](C)O)CC[C@@H]23)C[C@@H](O)CC1. The number of rotatable bonds is 3. The van der Waals surface area contributed by atoms with E-state index in [-0.39, 0.29) is 23.5 Å². The molecule has 6 atom stereocenters. The van der Waals surface area contributed by atoms with Crippen molar-refractivity contribution in [3.63, 3.8) is 0 Å². The van der Waals surface area contributed by atoms with Gasteiger partial charge in [0, 0.05) is 0 Å². The molecule has 3 heteroatoms. The van der Waals surface area contributed by atoms with E-state index in [0.29, 0.717) is 5.92 Å². The molecule has 1 saturated carbocycles. The van der Waals surface area contributed by atoms with Gasteiger partial charge in [0.25, 0.3) is 0 Å². The summed E-state index contributed by atoms with van der Waals surface area (Å²) in [6.07, 6.45) is 10.7. The van der Waals surface area contributed by atoms with E-state index in [1.807, 2.05) is 13.0 Å². The van der Waals surface area contributed by atoms with Crippen molar-refractivity contribution in [3.8, 4) is 0 Å². The van der Waals surface area contributed by atoms with Gasteiger partial charge >= 0.3 is 0 Å². The van der Waals surface area contributed by atoms with Crippen molar-refractivity contribution in [2.24, 2.45) is 17.3 Å². The van der Waals surface area contributed by atoms with Crippen LogP contribution in [0.4, 0.5) is 0 Å². The van der Waals surface area contributed by atoms with Crippen LogP contribution in [0.25, 0.3) is 0 Å². The van der Waals surface area contributed by atoms with Crippen LogP contribution >= 0.6 is 0 Å². The van der Waals surface area contributed by atoms with Crippen molar-refractivity contribution in [2.45, 2.75) is 77.6 Å². The Labute approximate surface area is 145 Å². The Bertz CT molecular complexity index is 572. The molecule has 0 heterocycles. The molecule has 0 radical (unpaired) electrons. The van der Waals surface area contributed by atoms with Gasteiger partial charge in [-0.15, -0.1) is 0 Å². The van der Waals surface area contributed by atoms with Gasteiger partial charge in [0.2, 0.25) is 0 Å². The molecule has 24 heavy (non-hydrogen) atoms. The Morgan fingerprint density at radius 2 is 1.96 bits per heavy atom. The first-order valence-corrected chi connectivity index (χ1v) is 9.44. The Morgan fingerprint density at radius 3 is 2.67 bits per heavy atom. The first-order valence-electron chi connectivity index (χ1n) is 9.44. The zero-order valence-corrected chi connectivity index (χ0v) is 15.2. The van der Waals surface area contributed by atoms with Gasteiger partial charge in [0.1, 0.15) is 0 Å². The van der Waals surface area contributed by atoms with Gasteiger partial charge in [-0.25, -0.2) is 0 Å². The third-order valence-electron chi connectivity index (χ3n) is 6.76. The van der Waals surface area contributed by atoms with E-state index in [1.54, 1.807) is 0 Å². The maximum absolute atomic E-state index is 10.4. The number of allylic oxidation sites excluding steroid dienone is 4. The molecule has 0 bridgehead atoms. The molecule has 0 saturated heterocycles. The molecule has 3 aliphatic rings. The Balaban J connectivity index is 1.84. The fraction of sp³-hybridized carbons (Fsp3) is 0.714. The van der Waals surface area contributed by atoms with Gasteiger partial charge < -0.3 is 15.3 Å². The van der Waals surface area contributed by atoms with Crippen molar-refractivity contribution in [3.05, 3.63) is 34.9 Å².